The number of fused-ring (bicyclic) bond motifs is 3. The van der Waals surface area contributed by atoms with Crippen molar-refractivity contribution < 1.29 is 10.0 Å². The van der Waals surface area contributed by atoms with Crippen LogP contribution < -0.4 is 0 Å². The molecule has 0 radical (unpaired) electrons. The van der Waals surface area contributed by atoms with E-state index < -0.39 is 11.2 Å². The van der Waals surface area contributed by atoms with Crippen LogP contribution >= 0.6 is 23.2 Å². The van der Waals surface area contributed by atoms with Crippen LogP contribution in [0.1, 0.15) is 13.2 Å². The van der Waals surface area contributed by atoms with Gasteiger partial charge in [-0.05, 0) is 31.2 Å². The number of hydrogen-bond donors (Lipinski definition) is 1. The topological polar surface area (TPSA) is 93.0 Å². The Labute approximate surface area is 175 Å². The Balaban J connectivity index is 1.81. The molecule has 0 aliphatic rings. The summed E-state index contributed by atoms with van der Waals surface area (Å²) in [4.78, 5) is 10.3. The molecule has 4 aromatic rings. The number of rotatable bonds is 4. The molecule has 4 rings (SSSR count). The average molecular weight is 429 g/mol. The van der Waals surface area contributed by atoms with Gasteiger partial charge in [0.1, 0.15) is 11.9 Å². The first-order valence-electron chi connectivity index (χ1n) is 8.62. The van der Waals surface area contributed by atoms with Gasteiger partial charge in [-0.2, -0.15) is 5.11 Å². The number of nitro groups is 1. The van der Waals surface area contributed by atoms with Gasteiger partial charge in [0, 0.05) is 22.9 Å². The van der Waals surface area contributed by atoms with Crippen molar-refractivity contribution in [3.63, 3.8) is 0 Å². The molecule has 1 heterocycles. The molecule has 0 amide bonds. The van der Waals surface area contributed by atoms with E-state index in [2.05, 4.69) is 10.2 Å². The number of nitro benzene ring substituents is 1. The first-order chi connectivity index (χ1) is 13.9. The molecular weight excluding hydrogens is 415 g/mol. The maximum atomic E-state index is 10.9. The van der Waals surface area contributed by atoms with Crippen molar-refractivity contribution in [1.82, 2.24) is 4.57 Å². The molecule has 0 aliphatic heterocycles. The molecule has 0 saturated carbocycles. The summed E-state index contributed by atoms with van der Waals surface area (Å²) in [7, 11) is 0. The van der Waals surface area contributed by atoms with Crippen molar-refractivity contribution >= 4 is 62.1 Å². The first-order valence-corrected chi connectivity index (χ1v) is 9.38. The van der Waals surface area contributed by atoms with E-state index in [1.54, 1.807) is 19.1 Å². The molecule has 0 bridgehead atoms. The van der Waals surface area contributed by atoms with Gasteiger partial charge >= 0.3 is 0 Å². The number of aliphatic hydroxyl groups excluding tert-OH is 1. The highest BCUT2D eigenvalue weighted by Crippen LogP contribution is 2.38. The summed E-state index contributed by atoms with van der Waals surface area (Å²) >= 11 is 12.2. The Bertz CT molecular complexity index is 1270. The van der Waals surface area contributed by atoms with Crippen LogP contribution in [-0.4, -0.2) is 14.6 Å². The highest BCUT2D eigenvalue weighted by Gasteiger charge is 2.16. The van der Waals surface area contributed by atoms with Crippen LogP contribution in [0.25, 0.3) is 21.8 Å². The summed E-state index contributed by atoms with van der Waals surface area (Å²) in [6, 6.07) is 15.7. The molecule has 1 atom stereocenters. The van der Waals surface area contributed by atoms with Crippen molar-refractivity contribution in [3.05, 3.63) is 74.8 Å². The zero-order valence-electron chi connectivity index (χ0n) is 15.1. The second kappa shape index (κ2) is 7.44. The SMILES string of the molecule is CC(O)n1c2ccccc2c2ccc(N=Nc3c(Cl)cc([N+](=O)[O-])cc3Cl)cc21. The van der Waals surface area contributed by atoms with Crippen LogP contribution in [0.15, 0.2) is 64.8 Å². The van der Waals surface area contributed by atoms with Gasteiger partial charge in [0.25, 0.3) is 5.69 Å². The van der Waals surface area contributed by atoms with E-state index in [4.69, 9.17) is 23.2 Å². The lowest BCUT2D eigenvalue weighted by molar-refractivity contribution is -0.384. The minimum atomic E-state index is -0.733. The van der Waals surface area contributed by atoms with E-state index in [1.807, 2.05) is 34.9 Å². The zero-order valence-corrected chi connectivity index (χ0v) is 16.6. The molecular formula is C20H14Cl2N4O3. The van der Waals surface area contributed by atoms with Crippen LogP contribution in [0.3, 0.4) is 0 Å². The fourth-order valence-electron chi connectivity index (χ4n) is 3.31. The number of halogens is 2. The Morgan fingerprint density at radius 2 is 1.66 bits per heavy atom. The Morgan fingerprint density at radius 1 is 1.00 bits per heavy atom. The molecule has 0 spiro atoms. The van der Waals surface area contributed by atoms with Gasteiger partial charge in [-0.1, -0.05) is 41.4 Å². The fraction of sp³-hybridized carbons (Fsp3) is 0.100. The molecule has 146 valence electrons. The summed E-state index contributed by atoms with van der Waals surface area (Å²) < 4.78 is 1.82. The minimum Gasteiger partial charge on any atom is -0.374 e. The van der Waals surface area contributed by atoms with Crippen LogP contribution in [-0.2, 0) is 0 Å². The monoisotopic (exact) mass is 428 g/mol. The third-order valence-electron chi connectivity index (χ3n) is 4.55. The summed E-state index contributed by atoms with van der Waals surface area (Å²) in [6.07, 6.45) is -0.733. The number of aromatic nitrogens is 1. The van der Waals surface area contributed by atoms with Gasteiger partial charge in [0.15, 0.2) is 0 Å². The Morgan fingerprint density at radius 3 is 2.31 bits per heavy atom. The lowest BCUT2D eigenvalue weighted by atomic mass is 10.1. The van der Waals surface area contributed by atoms with E-state index >= 15 is 0 Å². The summed E-state index contributed by atoms with van der Waals surface area (Å²) in [5.41, 5.74) is 2.16. The van der Waals surface area contributed by atoms with Crippen molar-refractivity contribution in [2.24, 2.45) is 10.2 Å². The van der Waals surface area contributed by atoms with Crippen LogP contribution in [0, 0.1) is 10.1 Å². The maximum Gasteiger partial charge on any atom is 0.272 e. The molecule has 1 unspecified atom stereocenters. The molecule has 0 saturated heterocycles. The van der Waals surface area contributed by atoms with Crippen molar-refractivity contribution in [2.45, 2.75) is 13.2 Å². The van der Waals surface area contributed by atoms with Crippen LogP contribution in [0.4, 0.5) is 17.1 Å². The third-order valence-corrected chi connectivity index (χ3v) is 5.12. The van der Waals surface area contributed by atoms with Gasteiger partial charge in [-0.3, -0.25) is 10.1 Å². The van der Waals surface area contributed by atoms with Gasteiger partial charge < -0.3 is 9.67 Å². The lowest BCUT2D eigenvalue weighted by Gasteiger charge is -2.10. The molecule has 9 heteroatoms. The summed E-state index contributed by atoms with van der Waals surface area (Å²) in [6.45, 7) is 1.69. The van der Waals surface area contributed by atoms with Gasteiger partial charge in [0.2, 0.25) is 0 Å². The number of non-ortho nitro benzene ring substituents is 1. The Kier molecular flexibility index (Phi) is 4.96. The summed E-state index contributed by atoms with van der Waals surface area (Å²) in [5.74, 6) is 0. The number of nitrogens with zero attached hydrogens (tertiary/aromatic N) is 4. The van der Waals surface area contributed by atoms with Gasteiger partial charge in [-0.25, -0.2) is 0 Å². The number of azo groups is 1. The molecule has 0 fully saturated rings. The maximum absolute atomic E-state index is 10.9. The number of benzene rings is 3. The molecule has 7 nitrogen and oxygen atoms in total. The van der Waals surface area contributed by atoms with E-state index in [0.717, 1.165) is 21.8 Å². The number of para-hydroxylation sites is 1. The smallest absolute Gasteiger partial charge is 0.272 e. The normalized spacial score (nSPS) is 12.8. The van der Waals surface area contributed by atoms with Gasteiger partial charge in [-0.15, -0.1) is 5.11 Å². The number of aliphatic hydroxyl groups is 1. The molecule has 1 aromatic heterocycles. The third kappa shape index (κ3) is 3.44. The first kappa shape index (κ1) is 19.3. The fourth-order valence-corrected chi connectivity index (χ4v) is 3.87. The quantitative estimate of drug-likeness (QED) is 0.216. The van der Waals surface area contributed by atoms with Crippen LogP contribution in [0.5, 0.6) is 0 Å². The lowest BCUT2D eigenvalue weighted by Crippen LogP contribution is -2.02. The highest BCUT2D eigenvalue weighted by molar-refractivity contribution is 6.39. The standard InChI is InChI=1S/C20H14Cl2N4O3/c1-11(27)25-18-5-3-2-4-14(18)15-7-6-12(8-19(15)25)23-24-20-16(21)9-13(26(28)29)10-17(20)22/h2-11,27H,1H3. The van der Waals surface area contributed by atoms with E-state index in [-0.39, 0.29) is 21.4 Å². The van der Waals surface area contributed by atoms with Crippen molar-refractivity contribution in [2.75, 3.05) is 0 Å². The average Bonchev–Trinajstić information content (AvgIpc) is 3.01. The second-order valence-electron chi connectivity index (χ2n) is 6.44. The van der Waals surface area contributed by atoms with E-state index in [9.17, 15) is 15.2 Å². The largest absolute Gasteiger partial charge is 0.374 e. The molecule has 1 N–H and O–H groups in total. The van der Waals surface area contributed by atoms with E-state index in [0.29, 0.717) is 5.69 Å². The minimum absolute atomic E-state index is 0.0344. The number of hydrogen-bond acceptors (Lipinski definition) is 5. The van der Waals surface area contributed by atoms with Crippen LogP contribution in [0.2, 0.25) is 10.0 Å². The highest BCUT2D eigenvalue weighted by atomic mass is 35.5. The van der Waals surface area contributed by atoms with Crippen molar-refractivity contribution in [1.29, 1.82) is 0 Å². The summed E-state index contributed by atoms with van der Waals surface area (Å²) in [5, 5.41) is 31.5. The molecule has 29 heavy (non-hydrogen) atoms. The predicted molar refractivity (Wildman–Crippen MR) is 114 cm³/mol. The predicted octanol–water partition coefficient (Wildman–Crippen LogP) is 6.94. The van der Waals surface area contributed by atoms with Crippen molar-refractivity contribution in [3.8, 4) is 0 Å². The zero-order chi connectivity index (χ0) is 20.7. The molecule has 3 aromatic carbocycles. The van der Waals surface area contributed by atoms with Gasteiger partial charge in [0.05, 0.1) is 31.7 Å². The van der Waals surface area contributed by atoms with E-state index in [1.165, 1.54) is 12.1 Å². The second-order valence-corrected chi connectivity index (χ2v) is 7.25. The molecule has 0 aliphatic carbocycles. The Hall–Kier alpha value is -3.00.